The van der Waals surface area contributed by atoms with Gasteiger partial charge in [0.15, 0.2) is 0 Å². The Balaban J connectivity index is 1.97. The number of rotatable bonds is 1. The van der Waals surface area contributed by atoms with Gasteiger partial charge in [0.2, 0.25) is 0 Å². The Labute approximate surface area is 119 Å². The molecule has 2 saturated heterocycles. The summed E-state index contributed by atoms with van der Waals surface area (Å²) in [5, 5.41) is 0. The fourth-order valence-electron chi connectivity index (χ4n) is 4.95. The van der Waals surface area contributed by atoms with Crippen molar-refractivity contribution in [2.24, 2.45) is 23.7 Å². The molecular weight excluding hydrogens is 323 g/mol. The van der Waals surface area contributed by atoms with Crippen molar-refractivity contribution in [2.75, 3.05) is 4.43 Å². The van der Waals surface area contributed by atoms with Crippen LogP contribution in [0.1, 0.15) is 52.9 Å². The van der Waals surface area contributed by atoms with Gasteiger partial charge in [0, 0.05) is 4.43 Å². The molecule has 0 aromatic heterocycles. The molecule has 0 amide bonds. The predicted molar refractivity (Wildman–Crippen MR) is 79.5 cm³/mol. The van der Waals surface area contributed by atoms with Gasteiger partial charge in [-0.1, -0.05) is 35.9 Å². The zero-order valence-corrected chi connectivity index (χ0v) is 13.5. The summed E-state index contributed by atoms with van der Waals surface area (Å²) < 4.78 is 7.84. The van der Waals surface area contributed by atoms with Crippen LogP contribution >= 0.6 is 22.6 Å². The Kier molecular flexibility index (Phi) is 3.06. The number of hydrogen-bond donors (Lipinski definition) is 0. The average Bonchev–Trinajstić information content (AvgIpc) is 2.53. The van der Waals surface area contributed by atoms with E-state index in [2.05, 4.69) is 43.4 Å². The first kappa shape index (κ1) is 12.7. The van der Waals surface area contributed by atoms with Gasteiger partial charge in [-0.2, -0.15) is 0 Å². The second-order valence-electron chi connectivity index (χ2n) is 7.16. The summed E-state index contributed by atoms with van der Waals surface area (Å²) in [6, 6.07) is 0. The molecule has 17 heavy (non-hydrogen) atoms. The third-order valence-electron chi connectivity index (χ3n) is 6.11. The van der Waals surface area contributed by atoms with Gasteiger partial charge in [-0.05, 0) is 63.2 Å². The number of halogens is 1. The van der Waals surface area contributed by atoms with Gasteiger partial charge in [0.1, 0.15) is 0 Å². The van der Waals surface area contributed by atoms with Crippen LogP contribution < -0.4 is 0 Å². The first-order chi connectivity index (χ1) is 7.98. The molecule has 0 spiro atoms. The van der Waals surface area contributed by atoms with Crippen LogP contribution in [0.2, 0.25) is 0 Å². The smallest absolute Gasteiger partial charge is 0.0779 e. The second-order valence-corrected chi connectivity index (χ2v) is 7.92. The Morgan fingerprint density at radius 3 is 2.71 bits per heavy atom. The molecule has 98 valence electrons. The van der Waals surface area contributed by atoms with Crippen LogP contribution in [-0.4, -0.2) is 15.6 Å². The Morgan fingerprint density at radius 1 is 1.24 bits per heavy atom. The molecule has 2 saturated carbocycles. The molecule has 2 aliphatic heterocycles. The fourth-order valence-corrected chi connectivity index (χ4v) is 5.73. The Hall–Kier alpha value is 0.690. The van der Waals surface area contributed by atoms with Gasteiger partial charge in [0.05, 0.1) is 11.2 Å². The lowest BCUT2D eigenvalue weighted by molar-refractivity contribution is -0.196. The number of ether oxygens (including phenoxy) is 1. The normalized spacial score (nSPS) is 57.9. The average molecular weight is 348 g/mol. The molecule has 2 bridgehead atoms. The van der Waals surface area contributed by atoms with E-state index in [1.807, 2.05) is 0 Å². The monoisotopic (exact) mass is 348 g/mol. The molecule has 4 aliphatic rings. The Bertz CT molecular complexity index is 318. The van der Waals surface area contributed by atoms with Crippen molar-refractivity contribution in [3.8, 4) is 0 Å². The van der Waals surface area contributed by atoms with Crippen LogP contribution in [0.5, 0.6) is 0 Å². The molecule has 2 aliphatic carbocycles. The van der Waals surface area contributed by atoms with Crippen LogP contribution in [-0.2, 0) is 4.74 Å². The molecule has 0 N–H and O–H groups in total. The Morgan fingerprint density at radius 2 is 2.00 bits per heavy atom. The molecule has 4 fully saturated rings. The largest absolute Gasteiger partial charge is 0.368 e. The van der Waals surface area contributed by atoms with Crippen LogP contribution in [0.4, 0.5) is 0 Å². The summed E-state index contributed by atoms with van der Waals surface area (Å²) in [5.74, 6) is 3.52. The lowest BCUT2D eigenvalue weighted by Gasteiger charge is -2.48. The number of alkyl halides is 1. The van der Waals surface area contributed by atoms with E-state index in [4.69, 9.17) is 4.74 Å². The molecule has 6 atom stereocenters. The van der Waals surface area contributed by atoms with Crippen molar-refractivity contribution in [1.29, 1.82) is 0 Å². The molecule has 0 aromatic carbocycles. The summed E-state index contributed by atoms with van der Waals surface area (Å²) in [5.41, 5.74) is 0.333. The number of hydrogen-bond acceptors (Lipinski definition) is 1. The summed E-state index contributed by atoms with van der Waals surface area (Å²) >= 11 is 2.53. The summed E-state index contributed by atoms with van der Waals surface area (Å²) in [6.07, 6.45) is 6.97. The van der Waals surface area contributed by atoms with Crippen LogP contribution in [0, 0.1) is 23.7 Å². The van der Waals surface area contributed by atoms with E-state index in [9.17, 15) is 0 Å². The van der Waals surface area contributed by atoms with Gasteiger partial charge in [-0.15, -0.1) is 0 Å². The van der Waals surface area contributed by atoms with Crippen molar-refractivity contribution in [1.82, 2.24) is 0 Å². The van der Waals surface area contributed by atoms with Crippen molar-refractivity contribution in [2.45, 2.75) is 64.1 Å². The standard InChI is InChI=1S/C15H25IO/c1-10-4-5-13-12(10)8-11-6-7-14(13,2)17-15(11,3)9-16/h10-13H,4-9H2,1-3H3/t10-,11-,12-,13-,14+,15+/m1/s1. The van der Waals surface area contributed by atoms with Crippen molar-refractivity contribution in [3.63, 3.8) is 0 Å². The van der Waals surface area contributed by atoms with E-state index in [1.54, 1.807) is 0 Å². The van der Waals surface area contributed by atoms with E-state index in [0.717, 1.165) is 28.1 Å². The topological polar surface area (TPSA) is 9.23 Å². The third kappa shape index (κ3) is 1.80. The molecule has 1 nitrogen and oxygen atoms in total. The van der Waals surface area contributed by atoms with Crippen molar-refractivity contribution in [3.05, 3.63) is 0 Å². The molecular formula is C15H25IO. The molecule has 0 radical (unpaired) electrons. The van der Waals surface area contributed by atoms with Crippen LogP contribution in [0.25, 0.3) is 0 Å². The first-order valence-corrected chi connectivity index (χ1v) is 8.77. The number of fused-ring (bicyclic) bond motifs is 2. The first-order valence-electron chi connectivity index (χ1n) is 7.25. The molecule has 0 unspecified atom stereocenters. The predicted octanol–water partition coefficient (Wildman–Crippen LogP) is 4.43. The molecule has 2 heteroatoms. The zero-order valence-electron chi connectivity index (χ0n) is 11.3. The highest BCUT2D eigenvalue weighted by Crippen LogP contribution is 2.58. The van der Waals surface area contributed by atoms with Gasteiger partial charge in [-0.25, -0.2) is 0 Å². The highest BCUT2D eigenvalue weighted by molar-refractivity contribution is 14.1. The minimum absolute atomic E-state index is 0.150. The minimum Gasteiger partial charge on any atom is -0.368 e. The SMILES string of the molecule is C[C@@H]1CC[C@@H]2[C@@H]1C[C@H]1CC[C@]2(C)O[C@@]1(C)CI. The summed E-state index contributed by atoms with van der Waals surface area (Å²) in [4.78, 5) is 0. The fraction of sp³-hybridized carbons (Fsp3) is 1.00. The molecule has 2 heterocycles. The quantitative estimate of drug-likeness (QED) is 0.503. The summed E-state index contributed by atoms with van der Waals surface area (Å²) in [7, 11) is 0. The van der Waals surface area contributed by atoms with E-state index in [0.29, 0.717) is 0 Å². The highest BCUT2D eigenvalue weighted by atomic mass is 127. The van der Waals surface area contributed by atoms with Crippen LogP contribution in [0.15, 0.2) is 0 Å². The van der Waals surface area contributed by atoms with E-state index >= 15 is 0 Å². The lowest BCUT2D eigenvalue weighted by atomic mass is 9.78. The van der Waals surface area contributed by atoms with Crippen molar-refractivity contribution < 1.29 is 4.74 Å². The second kappa shape index (κ2) is 4.09. The third-order valence-corrected chi connectivity index (χ3v) is 7.62. The lowest BCUT2D eigenvalue weighted by Crippen LogP contribution is -2.52. The summed E-state index contributed by atoms with van der Waals surface area (Å²) in [6.45, 7) is 7.25. The zero-order chi connectivity index (χ0) is 12.3. The minimum atomic E-state index is 0.150. The van der Waals surface area contributed by atoms with E-state index < -0.39 is 0 Å². The highest BCUT2D eigenvalue weighted by Gasteiger charge is 2.57. The van der Waals surface area contributed by atoms with Crippen LogP contribution in [0.3, 0.4) is 0 Å². The van der Waals surface area contributed by atoms with Gasteiger partial charge >= 0.3 is 0 Å². The van der Waals surface area contributed by atoms with Gasteiger partial charge in [-0.3, -0.25) is 0 Å². The van der Waals surface area contributed by atoms with Gasteiger partial charge < -0.3 is 4.74 Å². The maximum atomic E-state index is 6.69. The van der Waals surface area contributed by atoms with Gasteiger partial charge in [0.25, 0.3) is 0 Å². The maximum absolute atomic E-state index is 6.69. The molecule has 4 rings (SSSR count). The maximum Gasteiger partial charge on any atom is 0.0779 e. The molecule has 0 aromatic rings. The van der Waals surface area contributed by atoms with Crippen molar-refractivity contribution >= 4 is 22.6 Å². The van der Waals surface area contributed by atoms with E-state index in [-0.39, 0.29) is 11.2 Å². The van der Waals surface area contributed by atoms with E-state index in [1.165, 1.54) is 32.1 Å².